The number of nitrogens with one attached hydrogen (secondary N) is 3. The van der Waals surface area contributed by atoms with Crippen LogP contribution in [0.4, 0.5) is 42.9 Å². The molecular weight excluding hydrogens is 1170 g/mol. The fraction of sp³-hybridized carbons (Fsp3) is 0.508. The van der Waals surface area contributed by atoms with Crippen LogP contribution in [0.15, 0.2) is 60.7 Å². The van der Waals surface area contributed by atoms with Crippen LogP contribution < -0.4 is 26.2 Å². The zero-order chi connectivity index (χ0) is 63.7. The number of likely N-dealkylation sites (tertiary alicyclic amines) is 2. The van der Waals surface area contributed by atoms with Gasteiger partial charge in [-0.1, -0.05) is 26.0 Å². The van der Waals surface area contributed by atoms with Crippen molar-refractivity contribution in [2.24, 2.45) is 11.7 Å². The van der Waals surface area contributed by atoms with E-state index in [0.717, 1.165) is 12.7 Å². The number of H-pyrrole nitrogens is 1. The standard InChI is InChI=1S/C63H76F5N11O10/c1-32(2)53(69)61(82)89-31-78-52-28-40(42(66)30-47(52)72-58(78)51-12-10-22-77(51)60(81)55(34(4)86-6)74-63(84)88-8)49-18-17-48(79(49)38-25-43(67)56(44(68)26-38)75-23-19-36(20-24-75)35-13-15-37(64)16-14-35)39-27-45-46(29-41(39)65)71-57(70-45)50-11-9-21-76(50)59(80)54(33(3)85-5)73-62(83)87-7/h13-16,25-30,32-34,36,48-51,53-55H,9-12,17-24,31,69H2,1-8H3,(H,70,71)(H,73,83)(H,74,84)/t33-,34-,48-,49-,50+,51+,53+,54+,55+/m1/s1. The summed E-state index contributed by atoms with van der Waals surface area (Å²) >= 11 is 0. The molecule has 6 heterocycles. The SMILES string of the molecule is COC(=O)N[C@H](C(=O)N1CCC[C@H]1c1nc2cc(F)c([C@H]3CC[C@H](c4cc5c(cc4F)nc([C@@H]4CCCN4C(=O)[C@@H](NC(=O)OC)[C@@H](C)OC)n5COC(=O)[C@@H](N)C(C)C)N3c3cc(F)c(N4CCC(c5ccc(F)cc5)CC4)c(F)c3)cc2[nH]1)[C@@H](C)OC. The molecule has 4 aliphatic rings. The van der Waals surface area contributed by atoms with Crippen LogP contribution in [0, 0.1) is 35.0 Å². The first-order chi connectivity index (χ1) is 42.6. The molecule has 4 saturated heterocycles. The lowest BCUT2D eigenvalue weighted by Gasteiger charge is -2.36. The number of aromatic nitrogens is 4. The molecule has 0 radical (unpaired) electrons. The number of nitrogens with zero attached hydrogens (tertiary/aromatic N) is 7. The van der Waals surface area contributed by atoms with Crippen LogP contribution in [0.3, 0.4) is 0 Å². The summed E-state index contributed by atoms with van der Waals surface area (Å²) in [5.74, 6) is -5.08. The molecule has 0 bridgehead atoms. The summed E-state index contributed by atoms with van der Waals surface area (Å²) in [7, 11) is 5.15. The third-order valence-electron chi connectivity index (χ3n) is 18.2. The van der Waals surface area contributed by atoms with E-state index < -0.39 is 114 Å². The number of rotatable bonds is 19. The largest absolute Gasteiger partial charge is 0.453 e. The molecule has 9 atom stereocenters. The number of hydrogen-bond donors (Lipinski definition) is 4. The second-order valence-electron chi connectivity index (χ2n) is 23.7. The zero-order valence-corrected chi connectivity index (χ0v) is 51.0. The topological polar surface area (TPSA) is 241 Å². The lowest BCUT2D eigenvalue weighted by molar-refractivity contribution is -0.150. The Kier molecular flexibility index (Phi) is 19.3. The van der Waals surface area contributed by atoms with E-state index in [1.54, 1.807) is 65.2 Å². The smallest absolute Gasteiger partial charge is 0.407 e. The summed E-state index contributed by atoms with van der Waals surface area (Å²) < 4.78 is 111. The van der Waals surface area contributed by atoms with Crippen LogP contribution in [-0.4, -0.2) is 144 Å². The molecule has 0 unspecified atom stereocenters. The number of anilines is 2. The molecule has 5 N–H and O–H groups in total. The minimum Gasteiger partial charge on any atom is -0.453 e. The number of amides is 4. The lowest BCUT2D eigenvalue weighted by atomic mass is 9.89. The summed E-state index contributed by atoms with van der Waals surface area (Å²) in [4.78, 5) is 86.4. The minimum atomic E-state index is -1.20. The van der Waals surface area contributed by atoms with Gasteiger partial charge >= 0.3 is 18.2 Å². The van der Waals surface area contributed by atoms with Crippen molar-refractivity contribution in [2.45, 2.75) is 146 Å². The number of esters is 1. The van der Waals surface area contributed by atoms with Crippen molar-refractivity contribution in [1.29, 1.82) is 0 Å². The number of carbonyl (C=O) groups is 5. The maximum atomic E-state index is 17.5. The third kappa shape index (κ3) is 12.9. The van der Waals surface area contributed by atoms with Gasteiger partial charge in [-0.2, -0.15) is 0 Å². The molecule has 478 valence electrons. The highest BCUT2D eigenvalue weighted by Gasteiger charge is 2.44. The average molecular weight is 1240 g/mol. The lowest BCUT2D eigenvalue weighted by Crippen LogP contribution is -2.54. The Morgan fingerprint density at radius 3 is 1.73 bits per heavy atom. The van der Waals surface area contributed by atoms with Gasteiger partial charge in [0.15, 0.2) is 18.4 Å². The number of halogens is 5. The fourth-order valence-electron chi connectivity index (χ4n) is 13.1. The van der Waals surface area contributed by atoms with Crippen LogP contribution in [0.25, 0.3) is 22.1 Å². The molecule has 26 heteroatoms. The summed E-state index contributed by atoms with van der Waals surface area (Å²) in [6.45, 7) is 7.40. The Balaban J connectivity index is 1.05. The van der Waals surface area contributed by atoms with Crippen LogP contribution in [0.2, 0.25) is 0 Å². The molecular formula is C63H76F5N11O10. The van der Waals surface area contributed by atoms with Crippen molar-refractivity contribution >= 4 is 63.4 Å². The number of imidazole rings is 2. The van der Waals surface area contributed by atoms with Gasteiger partial charge in [0.1, 0.15) is 52.9 Å². The van der Waals surface area contributed by atoms with E-state index in [2.05, 4.69) is 15.6 Å². The Bertz CT molecular complexity index is 3580. The fourth-order valence-corrected chi connectivity index (χ4v) is 13.1. The molecule has 2 aromatic heterocycles. The van der Waals surface area contributed by atoms with E-state index in [4.69, 9.17) is 39.4 Å². The Morgan fingerprint density at radius 2 is 1.18 bits per heavy atom. The van der Waals surface area contributed by atoms with Crippen LogP contribution in [0.1, 0.15) is 137 Å². The van der Waals surface area contributed by atoms with Gasteiger partial charge in [0.2, 0.25) is 11.8 Å². The van der Waals surface area contributed by atoms with Gasteiger partial charge < -0.3 is 64.6 Å². The number of fused-ring (bicyclic) bond motifs is 2. The van der Waals surface area contributed by atoms with Crippen molar-refractivity contribution in [3.8, 4) is 0 Å². The maximum absolute atomic E-state index is 17.5. The summed E-state index contributed by atoms with van der Waals surface area (Å²) in [6, 6.07) is 7.30. The highest BCUT2D eigenvalue weighted by atomic mass is 19.1. The molecule has 21 nitrogen and oxygen atoms in total. The van der Waals surface area contributed by atoms with Gasteiger partial charge in [0, 0.05) is 69.3 Å². The van der Waals surface area contributed by atoms with Gasteiger partial charge in [-0.3, -0.25) is 19.0 Å². The van der Waals surface area contributed by atoms with Gasteiger partial charge in [-0.25, -0.2) is 41.5 Å². The van der Waals surface area contributed by atoms with Crippen molar-refractivity contribution in [1.82, 2.24) is 40.0 Å². The predicted octanol–water partition coefficient (Wildman–Crippen LogP) is 9.40. The number of hydrogen-bond acceptors (Lipinski definition) is 15. The first-order valence-electron chi connectivity index (χ1n) is 30.1. The number of ether oxygens (including phenoxy) is 5. The molecule has 4 amide bonds. The number of methoxy groups -OCH3 is 4. The second kappa shape index (κ2) is 26.9. The van der Waals surface area contributed by atoms with Crippen molar-refractivity contribution in [3.05, 3.63) is 118 Å². The van der Waals surface area contributed by atoms with E-state index in [9.17, 15) is 28.4 Å². The summed E-state index contributed by atoms with van der Waals surface area (Å²) in [5, 5.41) is 5.14. The van der Waals surface area contributed by atoms with Crippen molar-refractivity contribution < 1.29 is 69.6 Å². The van der Waals surface area contributed by atoms with Gasteiger partial charge in [0.05, 0.1) is 72.7 Å². The normalized spacial score (nSPS) is 20.7. The predicted molar refractivity (Wildman–Crippen MR) is 318 cm³/mol. The van der Waals surface area contributed by atoms with Crippen LogP contribution in [0.5, 0.6) is 0 Å². The highest BCUT2D eigenvalue weighted by Crippen LogP contribution is 2.51. The maximum Gasteiger partial charge on any atom is 0.407 e. The van der Waals surface area contributed by atoms with E-state index in [0.29, 0.717) is 56.4 Å². The van der Waals surface area contributed by atoms with E-state index >= 15 is 17.6 Å². The zero-order valence-electron chi connectivity index (χ0n) is 51.0. The number of carbonyl (C=O) groups excluding carboxylic acids is 5. The number of piperidine rings is 1. The Labute approximate surface area is 511 Å². The minimum absolute atomic E-state index is 0.0198. The average Bonchev–Trinajstić information content (AvgIpc) is 1.66. The molecule has 4 aliphatic heterocycles. The molecule has 6 aromatic rings. The number of alkyl carbamates (subject to hydrolysis) is 2. The molecule has 4 fully saturated rings. The van der Waals surface area contributed by atoms with Crippen LogP contribution in [-0.2, 0) is 44.8 Å². The Hall–Kier alpha value is -8.10. The molecule has 0 aliphatic carbocycles. The summed E-state index contributed by atoms with van der Waals surface area (Å²) in [6.07, 6.45) is 0.0140. The van der Waals surface area contributed by atoms with Gasteiger partial charge in [-0.05, 0) is 119 Å². The quantitative estimate of drug-likeness (QED) is 0.0335. The first-order valence-corrected chi connectivity index (χ1v) is 30.1. The van der Waals surface area contributed by atoms with Crippen LogP contribution >= 0.6 is 0 Å². The van der Waals surface area contributed by atoms with E-state index in [1.165, 1.54) is 68.7 Å². The highest BCUT2D eigenvalue weighted by molar-refractivity contribution is 5.88. The van der Waals surface area contributed by atoms with E-state index in [-0.39, 0.29) is 95.0 Å². The Morgan fingerprint density at radius 1 is 0.640 bits per heavy atom. The monoisotopic (exact) mass is 1240 g/mol. The number of nitrogens with two attached hydrogens (primary N) is 1. The van der Waals surface area contributed by atoms with Gasteiger partial charge in [-0.15, -0.1) is 0 Å². The van der Waals surface area contributed by atoms with Crippen molar-refractivity contribution in [3.63, 3.8) is 0 Å². The molecule has 10 rings (SSSR count). The number of aromatic amines is 1. The second-order valence-corrected chi connectivity index (χ2v) is 23.7. The first kappa shape index (κ1) is 63.9. The molecule has 0 spiro atoms. The van der Waals surface area contributed by atoms with Gasteiger partial charge in [0.25, 0.3) is 0 Å². The molecule has 89 heavy (non-hydrogen) atoms. The van der Waals surface area contributed by atoms with E-state index in [1.807, 2.05) is 0 Å². The molecule has 0 saturated carbocycles. The summed E-state index contributed by atoms with van der Waals surface area (Å²) in [5.41, 5.74) is 7.99. The number of benzene rings is 4. The third-order valence-corrected chi connectivity index (χ3v) is 18.2. The molecule has 4 aromatic carbocycles. The van der Waals surface area contributed by atoms with Crippen molar-refractivity contribution in [2.75, 3.05) is 64.4 Å².